The SMILES string of the molecule is OCC12CCC1(CO)N2. The van der Waals surface area contributed by atoms with Gasteiger partial charge in [-0.3, -0.25) is 5.32 Å². The summed E-state index contributed by atoms with van der Waals surface area (Å²) >= 11 is 0. The second kappa shape index (κ2) is 1.31. The highest BCUT2D eigenvalue weighted by atomic mass is 16.3. The summed E-state index contributed by atoms with van der Waals surface area (Å²) in [5, 5.41) is 20.8. The van der Waals surface area contributed by atoms with E-state index in [1.807, 2.05) is 0 Å². The lowest BCUT2D eigenvalue weighted by atomic mass is 9.75. The van der Waals surface area contributed by atoms with Crippen molar-refractivity contribution in [2.24, 2.45) is 0 Å². The number of aliphatic hydroxyl groups is 2. The molecule has 0 radical (unpaired) electrons. The van der Waals surface area contributed by atoms with Crippen LogP contribution in [0.4, 0.5) is 0 Å². The van der Waals surface area contributed by atoms with Gasteiger partial charge in [0.25, 0.3) is 0 Å². The van der Waals surface area contributed by atoms with Gasteiger partial charge in [0.2, 0.25) is 0 Å². The van der Waals surface area contributed by atoms with Gasteiger partial charge in [-0.15, -0.1) is 0 Å². The van der Waals surface area contributed by atoms with Crippen molar-refractivity contribution >= 4 is 0 Å². The molecule has 1 saturated carbocycles. The Labute approximate surface area is 53.7 Å². The summed E-state index contributed by atoms with van der Waals surface area (Å²) in [6, 6.07) is 0. The molecule has 0 aromatic rings. The molecule has 2 atom stereocenters. The molecule has 9 heavy (non-hydrogen) atoms. The van der Waals surface area contributed by atoms with Gasteiger partial charge in [-0.05, 0) is 12.8 Å². The molecule has 0 aromatic heterocycles. The summed E-state index contributed by atoms with van der Waals surface area (Å²) in [4.78, 5) is 0. The van der Waals surface area contributed by atoms with Crippen molar-refractivity contribution in [2.45, 2.75) is 23.9 Å². The monoisotopic (exact) mass is 129 g/mol. The van der Waals surface area contributed by atoms with Gasteiger partial charge >= 0.3 is 0 Å². The predicted octanol–water partition coefficient (Wildman–Crippen LogP) is -1.15. The minimum Gasteiger partial charge on any atom is -0.394 e. The van der Waals surface area contributed by atoms with Crippen molar-refractivity contribution in [1.29, 1.82) is 0 Å². The molecule has 0 amide bonds. The summed E-state index contributed by atoms with van der Waals surface area (Å²) < 4.78 is 0. The van der Waals surface area contributed by atoms with E-state index in [1.165, 1.54) is 0 Å². The summed E-state index contributed by atoms with van der Waals surface area (Å²) in [7, 11) is 0. The maximum absolute atomic E-state index is 8.81. The Hall–Kier alpha value is -0.120. The van der Waals surface area contributed by atoms with E-state index in [-0.39, 0.29) is 24.3 Å². The number of hydrogen-bond donors (Lipinski definition) is 3. The van der Waals surface area contributed by atoms with Gasteiger partial charge in [0.15, 0.2) is 0 Å². The van der Waals surface area contributed by atoms with Crippen molar-refractivity contribution in [2.75, 3.05) is 13.2 Å². The molecule has 52 valence electrons. The third-order valence-corrected chi connectivity index (χ3v) is 2.85. The fourth-order valence-electron chi connectivity index (χ4n) is 1.82. The molecule has 1 saturated heterocycles. The average Bonchev–Trinajstić information content (AvgIpc) is 2.33. The fourth-order valence-corrected chi connectivity index (χ4v) is 1.82. The van der Waals surface area contributed by atoms with E-state index in [0.29, 0.717) is 0 Å². The van der Waals surface area contributed by atoms with Crippen LogP contribution in [0.3, 0.4) is 0 Å². The first-order valence-corrected chi connectivity index (χ1v) is 3.30. The number of nitrogens with one attached hydrogen (secondary N) is 1. The van der Waals surface area contributed by atoms with Crippen LogP contribution in [0.1, 0.15) is 12.8 Å². The Bertz CT molecular complexity index is 126. The van der Waals surface area contributed by atoms with E-state index in [2.05, 4.69) is 5.32 Å². The summed E-state index contributed by atoms with van der Waals surface area (Å²) in [5.41, 5.74) is -0.135. The van der Waals surface area contributed by atoms with Crippen LogP contribution in [-0.4, -0.2) is 34.5 Å². The molecule has 3 N–H and O–H groups in total. The van der Waals surface area contributed by atoms with Crippen molar-refractivity contribution in [1.82, 2.24) is 5.32 Å². The Morgan fingerprint density at radius 1 is 1.11 bits per heavy atom. The van der Waals surface area contributed by atoms with Crippen LogP contribution in [0.15, 0.2) is 0 Å². The van der Waals surface area contributed by atoms with Gasteiger partial charge in [0.1, 0.15) is 0 Å². The smallest absolute Gasteiger partial charge is 0.0632 e. The molecular formula is C6H11NO2. The molecule has 2 aliphatic rings. The first-order valence-electron chi connectivity index (χ1n) is 3.30. The number of aliphatic hydroxyl groups excluding tert-OH is 2. The minimum atomic E-state index is -0.0677. The van der Waals surface area contributed by atoms with Crippen LogP contribution >= 0.6 is 0 Å². The maximum Gasteiger partial charge on any atom is 0.0632 e. The van der Waals surface area contributed by atoms with Crippen LogP contribution in [0.25, 0.3) is 0 Å². The lowest BCUT2D eigenvalue weighted by molar-refractivity contribution is 0.138. The van der Waals surface area contributed by atoms with E-state index in [4.69, 9.17) is 10.2 Å². The molecule has 3 heteroatoms. The van der Waals surface area contributed by atoms with Crippen LogP contribution in [-0.2, 0) is 0 Å². The van der Waals surface area contributed by atoms with Gasteiger partial charge in [-0.2, -0.15) is 0 Å². The van der Waals surface area contributed by atoms with Crippen LogP contribution in [0.2, 0.25) is 0 Å². The third-order valence-electron chi connectivity index (χ3n) is 2.85. The van der Waals surface area contributed by atoms with E-state index < -0.39 is 0 Å². The van der Waals surface area contributed by atoms with E-state index in [1.54, 1.807) is 0 Å². The molecule has 2 unspecified atom stereocenters. The van der Waals surface area contributed by atoms with Gasteiger partial charge < -0.3 is 10.2 Å². The highest BCUT2D eigenvalue weighted by Crippen LogP contribution is 2.55. The second-order valence-electron chi connectivity index (χ2n) is 3.11. The first-order chi connectivity index (χ1) is 4.29. The van der Waals surface area contributed by atoms with Crippen LogP contribution in [0, 0.1) is 0 Å². The molecule has 0 aromatic carbocycles. The average molecular weight is 129 g/mol. The Morgan fingerprint density at radius 2 is 1.56 bits per heavy atom. The minimum absolute atomic E-state index is 0.0677. The lowest BCUT2D eigenvalue weighted by Crippen LogP contribution is -2.42. The van der Waals surface area contributed by atoms with Crippen LogP contribution < -0.4 is 5.32 Å². The quantitative estimate of drug-likeness (QED) is 0.412. The zero-order chi connectivity index (χ0) is 6.54. The van der Waals surface area contributed by atoms with Crippen molar-refractivity contribution in [3.05, 3.63) is 0 Å². The van der Waals surface area contributed by atoms with Gasteiger partial charge in [-0.25, -0.2) is 0 Å². The largest absolute Gasteiger partial charge is 0.394 e. The van der Waals surface area contributed by atoms with Crippen molar-refractivity contribution in [3.8, 4) is 0 Å². The Morgan fingerprint density at radius 3 is 1.67 bits per heavy atom. The lowest BCUT2D eigenvalue weighted by Gasteiger charge is -2.28. The van der Waals surface area contributed by atoms with Gasteiger partial charge in [0, 0.05) is 0 Å². The second-order valence-corrected chi connectivity index (χ2v) is 3.11. The molecule has 1 aliphatic carbocycles. The number of hydrogen-bond acceptors (Lipinski definition) is 3. The maximum atomic E-state index is 8.81. The molecule has 2 fully saturated rings. The van der Waals surface area contributed by atoms with Gasteiger partial charge in [-0.1, -0.05) is 0 Å². The Kier molecular flexibility index (Phi) is 0.822. The number of rotatable bonds is 2. The molecule has 0 bridgehead atoms. The fraction of sp³-hybridized carbons (Fsp3) is 1.00. The van der Waals surface area contributed by atoms with E-state index in [0.717, 1.165) is 12.8 Å². The predicted molar refractivity (Wildman–Crippen MR) is 32.0 cm³/mol. The van der Waals surface area contributed by atoms with Crippen LogP contribution in [0.5, 0.6) is 0 Å². The van der Waals surface area contributed by atoms with Crippen molar-refractivity contribution < 1.29 is 10.2 Å². The van der Waals surface area contributed by atoms with Crippen molar-refractivity contribution in [3.63, 3.8) is 0 Å². The Balaban J connectivity index is 2.09. The zero-order valence-electron chi connectivity index (χ0n) is 5.22. The van der Waals surface area contributed by atoms with Gasteiger partial charge in [0.05, 0.1) is 24.3 Å². The summed E-state index contributed by atoms with van der Waals surface area (Å²) in [6.07, 6.45) is 2.04. The molecule has 1 aliphatic heterocycles. The molecule has 1 heterocycles. The van der Waals surface area contributed by atoms with E-state index >= 15 is 0 Å². The topological polar surface area (TPSA) is 62.4 Å². The zero-order valence-corrected chi connectivity index (χ0v) is 5.22. The molecular weight excluding hydrogens is 118 g/mol. The highest BCUT2D eigenvalue weighted by molar-refractivity contribution is 5.34. The third kappa shape index (κ3) is 0.407. The summed E-state index contributed by atoms with van der Waals surface area (Å²) in [5.74, 6) is 0. The molecule has 0 spiro atoms. The first kappa shape index (κ1) is 5.65. The highest BCUT2D eigenvalue weighted by Gasteiger charge is 2.73. The normalized spacial score (nSPS) is 54.0. The number of fused-ring (bicyclic) bond motifs is 1. The molecule has 3 nitrogen and oxygen atoms in total. The van der Waals surface area contributed by atoms with E-state index in [9.17, 15) is 0 Å². The molecule has 2 rings (SSSR count). The summed E-state index contributed by atoms with van der Waals surface area (Å²) in [6.45, 7) is 0.348. The standard InChI is InChI=1S/C6H11NO2/c8-3-5-1-2-6(5,4-9)7-5/h7-9H,1-4H2.